The van der Waals surface area contributed by atoms with E-state index in [-0.39, 0.29) is 5.91 Å². The number of carbonyl (C=O) groups is 1. The Labute approximate surface area is 177 Å². The van der Waals surface area contributed by atoms with Gasteiger partial charge in [0, 0.05) is 24.2 Å². The first kappa shape index (κ1) is 22.4. The van der Waals surface area contributed by atoms with Crippen molar-refractivity contribution >= 4 is 34.6 Å². The van der Waals surface area contributed by atoms with Crippen LogP contribution in [0, 0.1) is 0 Å². The third kappa shape index (κ3) is 6.92. The van der Waals surface area contributed by atoms with Gasteiger partial charge in [-0.3, -0.25) is 4.79 Å². The van der Waals surface area contributed by atoms with Crippen molar-refractivity contribution in [1.82, 2.24) is 10.2 Å². The number of benzene rings is 2. The van der Waals surface area contributed by atoms with Crippen LogP contribution in [0.25, 0.3) is 0 Å². The van der Waals surface area contributed by atoms with Crippen molar-refractivity contribution in [3.63, 3.8) is 0 Å². The Morgan fingerprint density at radius 3 is 2.14 bits per heavy atom. The van der Waals surface area contributed by atoms with Crippen molar-refractivity contribution in [2.45, 2.75) is 6.42 Å². The van der Waals surface area contributed by atoms with Gasteiger partial charge in [-0.15, -0.1) is 0 Å². The molecule has 0 bridgehead atoms. The summed E-state index contributed by atoms with van der Waals surface area (Å²) in [5.41, 5.74) is 1.71. The highest BCUT2D eigenvalue weighted by Gasteiger charge is 2.15. The maximum atomic E-state index is 12.5. The van der Waals surface area contributed by atoms with Gasteiger partial charge in [0.25, 0.3) is 5.91 Å². The van der Waals surface area contributed by atoms with Crippen LogP contribution in [0.1, 0.15) is 16.8 Å². The van der Waals surface area contributed by atoms with E-state index in [0.717, 1.165) is 19.5 Å². The second kappa shape index (κ2) is 11.2. The van der Waals surface area contributed by atoms with Crippen LogP contribution in [0.2, 0.25) is 0 Å². The molecule has 0 fully saturated rings. The van der Waals surface area contributed by atoms with E-state index >= 15 is 0 Å². The highest BCUT2D eigenvalue weighted by molar-refractivity contribution is 7.80. The summed E-state index contributed by atoms with van der Waals surface area (Å²) in [6, 6.07) is 12.4. The Morgan fingerprint density at radius 2 is 1.59 bits per heavy atom. The molecule has 0 aromatic heterocycles. The van der Waals surface area contributed by atoms with Crippen molar-refractivity contribution in [2.75, 3.05) is 52.0 Å². The first-order valence-corrected chi connectivity index (χ1v) is 9.67. The smallest absolute Gasteiger partial charge is 0.255 e. The van der Waals surface area contributed by atoms with Crippen LogP contribution in [0.3, 0.4) is 0 Å². The Balaban J connectivity index is 2.10. The maximum absolute atomic E-state index is 12.5. The maximum Gasteiger partial charge on any atom is 0.255 e. The van der Waals surface area contributed by atoms with Crippen LogP contribution in [0.5, 0.6) is 11.5 Å². The van der Waals surface area contributed by atoms with Crippen molar-refractivity contribution in [3.8, 4) is 11.5 Å². The minimum absolute atomic E-state index is 0.232. The number of rotatable bonds is 9. The highest BCUT2D eigenvalue weighted by Crippen LogP contribution is 2.36. The number of nitrogens with zero attached hydrogens (tertiary/aromatic N) is 1. The molecule has 8 heteroatoms. The second-order valence-corrected chi connectivity index (χ2v) is 7.02. The lowest BCUT2D eigenvalue weighted by atomic mass is 10.2. The fourth-order valence-corrected chi connectivity index (χ4v) is 2.85. The summed E-state index contributed by atoms with van der Waals surface area (Å²) in [6.07, 6.45) is 0.972. The number of carbonyl (C=O) groups excluding carboxylic acids is 1. The summed E-state index contributed by atoms with van der Waals surface area (Å²) >= 11 is 5.37. The SMILES string of the molecule is COc1cc(NC(=S)NCCCN(C)C)c(OC)cc1NC(=O)c1ccccc1. The van der Waals surface area contributed by atoms with E-state index in [0.29, 0.717) is 33.5 Å². The predicted molar refractivity (Wildman–Crippen MR) is 121 cm³/mol. The molecule has 29 heavy (non-hydrogen) atoms. The minimum atomic E-state index is -0.232. The van der Waals surface area contributed by atoms with Gasteiger partial charge in [0.05, 0.1) is 25.6 Å². The normalized spacial score (nSPS) is 10.4. The fourth-order valence-electron chi connectivity index (χ4n) is 2.64. The van der Waals surface area contributed by atoms with Crippen LogP contribution in [0.4, 0.5) is 11.4 Å². The van der Waals surface area contributed by atoms with E-state index in [1.807, 2.05) is 32.3 Å². The summed E-state index contributed by atoms with van der Waals surface area (Å²) in [5.74, 6) is 0.796. The first-order valence-electron chi connectivity index (χ1n) is 9.26. The minimum Gasteiger partial charge on any atom is -0.494 e. The van der Waals surface area contributed by atoms with Crippen LogP contribution >= 0.6 is 12.2 Å². The topological polar surface area (TPSA) is 74.9 Å². The summed E-state index contributed by atoms with van der Waals surface area (Å²) in [5, 5.41) is 9.65. The molecule has 156 valence electrons. The summed E-state index contributed by atoms with van der Waals surface area (Å²) in [6.45, 7) is 1.73. The Hall–Kier alpha value is -2.84. The molecule has 1 amide bonds. The number of thiocarbonyl (C=S) groups is 1. The third-order valence-electron chi connectivity index (χ3n) is 4.12. The number of nitrogens with one attached hydrogen (secondary N) is 3. The molecule has 7 nitrogen and oxygen atoms in total. The predicted octanol–water partition coefficient (Wildman–Crippen LogP) is 3.19. The molecule has 0 aliphatic rings. The lowest BCUT2D eigenvalue weighted by molar-refractivity contribution is 0.102. The first-order chi connectivity index (χ1) is 13.9. The van der Waals surface area contributed by atoms with Crippen LogP contribution < -0.4 is 25.4 Å². The van der Waals surface area contributed by atoms with Gasteiger partial charge in [0.15, 0.2) is 5.11 Å². The average Bonchev–Trinajstić information content (AvgIpc) is 2.72. The molecular formula is C21H28N4O3S. The molecule has 2 aromatic carbocycles. The van der Waals surface area contributed by atoms with Gasteiger partial charge in [-0.05, 0) is 51.4 Å². The number of amides is 1. The van der Waals surface area contributed by atoms with Gasteiger partial charge < -0.3 is 30.3 Å². The zero-order chi connectivity index (χ0) is 21.2. The second-order valence-electron chi connectivity index (χ2n) is 6.61. The van der Waals surface area contributed by atoms with E-state index in [1.165, 1.54) is 0 Å². The molecule has 0 atom stereocenters. The molecule has 0 saturated carbocycles. The molecule has 0 unspecified atom stereocenters. The lowest BCUT2D eigenvalue weighted by Crippen LogP contribution is -2.31. The largest absolute Gasteiger partial charge is 0.494 e. The van der Waals surface area contributed by atoms with Crippen LogP contribution in [-0.2, 0) is 0 Å². The fraction of sp³-hybridized carbons (Fsp3) is 0.333. The van der Waals surface area contributed by atoms with Crippen LogP contribution in [0.15, 0.2) is 42.5 Å². The average molecular weight is 417 g/mol. The molecular weight excluding hydrogens is 388 g/mol. The van der Waals surface area contributed by atoms with Crippen molar-refractivity contribution in [2.24, 2.45) is 0 Å². The Morgan fingerprint density at radius 1 is 1.00 bits per heavy atom. The van der Waals surface area contributed by atoms with Gasteiger partial charge in [-0.2, -0.15) is 0 Å². The van der Waals surface area contributed by atoms with Crippen molar-refractivity contribution in [1.29, 1.82) is 0 Å². The van der Waals surface area contributed by atoms with Gasteiger partial charge in [0.2, 0.25) is 0 Å². The molecule has 2 rings (SSSR count). The van der Waals surface area contributed by atoms with E-state index in [9.17, 15) is 4.79 Å². The highest BCUT2D eigenvalue weighted by atomic mass is 32.1. The molecule has 0 radical (unpaired) electrons. The van der Waals surface area contributed by atoms with E-state index in [2.05, 4.69) is 20.9 Å². The molecule has 0 aliphatic carbocycles. The number of methoxy groups -OCH3 is 2. The monoisotopic (exact) mass is 416 g/mol. The number of ether oxygens (including phenoxy) is 2. The van der Waals surface area contributed by atoms with Gasteiger partial charge >= 0.3 is 0 Å². The standard InChI is InChI=1S/C21H28N4O3S/c1-25(2)12-8-11-22-21(29)24-17-14-18(27-3)16(13-19(17)28-4)23-20(26)15-9-6-5-7-10-15/h5-7,9-10,13-14H,8,11-12H2,1-4H3,(H,23,26)(H2,22,24,29). The summed E-state index contributed by atoms with van der Waals surface area (Å²) in [7, 11) is 7.17. The molecule has 3 N–H and O–H groups in total. The Bertz CT molecular complexity index is 828. The molecule has 2 aromatic rings. The summed E-state index contributed by atoms with van der Waals surface area (Å²) < 4.78 is 10.9. The van der Waals surface area contributed by atoms with E-state index in [4.69, 9.17) is 21.7 Å². The third-order valence-corrected chi connectivity index (χ3v) is 4.37. The van der Waals surface area contributed by atoms with Crippen molar-refractivity contribution in [3.05, 3.63) is 48.0 Å². The molecule has 0 spiro atoms. The quantitative estimate of drug-likeness (QED) is 0.428. The number of anilines is 2. The zero-order valence-electron chi connectivity index (χ0n) is 17.2. The van der Waals surface area contributed by atoms with E-state index in [1.54, 1.807) is 38.5 Å². The molecule has 0 heterocycles. The molecule has 0 saturated heterocycles. The van der Waals surface area contributed by atoms with Gasteiger partial charge in [-0.1, -0.05) is 18.2 Å². The zero-order valence-corrected chi connectivity index (χ0v) is 18.1. The van der Waals surface area contributed by atoms with Gasteiger partial charge in [0.1, 0.15) is 11.5 Å². The lowest BCUT2D eigenvalue weighted by Gasteiger charge is -2.18. The number of hydrogen-bond donors (Lipinski definition) is 3. The summed E-state index contributed by atoms with van der Waals surface area (Å²) in [4.78, 5) is 14.6. The Kier molecular flexibility index (Phi) is 8.69. The number of hydrogen-bond acceptors (Lipinski definition) is 5. The van der Waals surface area contributed by atoms with Crippen molar-refractivity contribution < 1.29 is 14.3 Å². The van der Waals surface area contributed by atoms with Crippen LogP contribution in [-0.4, -0.2) is 57.3 Å². The van der Waals surface area contributed by atoms with E-state index < -0.39 is 0 Å². The van der Waals surface area contributed by atoms with Gasteiger partial charge in [-0.25, -0.2) is 0 Å². The molecule has 0 aliphatic heterocycles.